The van der Waals surface area contributed by atoms with E-state index in [1.54, 1.807) is 55.6 Å². The lowest BCUT2D eigenvalue weighted by Gasteiger charge is -2.19. The van der Waals surface area contributed by atoms with Crippen LogP contribution in [0.3, 0.4) is 0 Å². The van der Waals surface area contributed by atoms with Crippen LogP contribution in [0.25, 0.3) is 0 Å². The predicted octanol–water partition coefficient (Wildman–Crippen LogP) is 1.59. The SMILES string of the molecule is CCNC(=O)[C@H](C)NC(=O)COc1ccc(N(C)S(=O)(=O)c2cccs2)cc1. The van der Waals surface area contributed by atoms with E-state index in [2.05, 4.69) is 10.6 Å². The molecule has 2 aromatic rings. The van der Waals surface area contributed by atoms with E-state index in [1.807, 2.05) is 0 Å². The van der Waals surface area contributed by atoms with E-state index in [1.165, 1.54) is 11.4 Å². The number of hydrogen-bond acceptors (Lipinski definition) is 6. The fraction of sp³-hybridized carbons (Fsp3) is 0.333. The van der Waals surface area contributed by atoms with Crippen molar-refractivity contribution in [3.63, 3.8) is 0 Å². The Morgan fingerprint density at radius 3 is 2.46 bits per heavy atom. The smallest absolute Gasteiger partial charge is 0.273 e. The molecule has 0 saturated carbocycles. The topological polar surface area (TPSA) is 105 Å². The van der Waals surface area contributed by atoms with Crippen molar-refractivity contribution >= 4 is 38.9 Å². The molecule has 2 N–H and O–H groups in total. The number of benzene rings is 1. The van der Waals surface area contributed by atoms with Gasteiger partial charge in [-0.2, -0.15) is 0 Å². The maximum atomic E-state index is 12.5. The van der Waals surface area contributed by atoms with Crippen LogP contribution >= 0.6 is 11.3 Å². The Kier molecular flexibility index (Phi) is 7.41. The molecule has 0 fully saturated rings. The summed E-state index contributed by atoms with van der Waals surface area (Å²) in [5.41, 5.74) is 0.468. The highest BCUT2D eigenvalue weighted by Gasteiger charge is 2.22. The molecule has 0 radical (unpaired) electrons. The molecular formula is C18H23N3O5S2. The van der Waals surface area contributed by atoms with Gasteiger partial charge in [0.15, 0.2) is 6.61 Å². The normalized spacial score (nSPS) is 12.1. The summed E-state index contributed by atoms with van der Waals surface area (Å²) in [6.07, 6.45) is 0. The summed E-state index contributed by atoms with van der Waals surface area (Å²) in [7, 11) is -2.13. The summed E-state index contributed by atoms with van der Waals surface area (Å²) in [5.74, 6) is -0.290. The quantitative estimate of drug-likeness (QED) is 0.635. The van der Waals surface area contributed by atoms with E-state index in [9.17, 15) is 18.0 Å². The summed E-state index contributed by atoms with van der Waals surface area (Å²) in [4.78, 5) is 23.5. The summed E-state index contributed by atoms with van der Waals surface area (Å²) in [6, 6.07) is 8.92. The first-order chi connectivity index (χ1) is 13.3. The third kappa shape index (κ3) is 5.46. The molecule has 2 amide bonds. The number of thiophene rings is 1. The number of nitrogens with zero attached hydrogens (tertiary/aromatic N) is 1. The lowest BCUT2D eigenvalue weighted by molar-refractivity contribution is -0.129. The Hall–Kier alpha value is -2.59. The number of carbonyl (C=O) groups is 2. The molecule has 0 bridgehead atoms. The molecule has 152 valence electrons. The number of likely N-dealkylation sites (N-methyl/N-ethyl adjacent to an activating group) is 1. The van der Waals surface area contributed by atoms with E-state index < -0.39 is 22.0 Å². The standard InChI is InChI=1S/C18H23N3O5S2/c1-4-19-18(23)13(2)20-16(22)12-26-15-9-7-14(8-10-15)21(3)28(24,25)17-6-5-11-27-17/h5-11,13H,4,12H2,1-3H3,(H,19,23)(H,20,22)/t13-/m0/s1. The minimum Gasteiger partial charge on any atom is -0.484 e. The third-order valence-electron chi connectivity index (χ3n) is 3.80. The van der Waals surface area contributed by atoms with Gasteiger partial charge >= 0.3 is 0 Å². The molecule has 0 aliphatic carbocycles. The molecule has 0 saturated heterocycles. The molecule has 1 heterocycles. The molecule has 1 aromatic carbocycles. The maximum absolute atomic E-state index is 12.5. The first-order valence-corrected chi connectivity index (χ1v) is 10.9. The minimum atomic E-state index is -3.60. The van der Waals surface area contributed by atoms with Crippen molar-refractivity contribution in [3.05, 3.63) is 41.8 Å². The van der Waals surface area contributed by atoms with E-state index in [-0.39, 0.29) is 16.7 Å². The fourth-order valence-corrected chi connectivity index (χ4v) is 4.62. The average molecular weight is 426 g/mol. The first-order valence-electron chi connectivity index (χ1n) is 8.58. The number of sulfonamides is 1. The predicted molar refractivity (Wildman–Crippen MR) is 108 cm³/mol. The van der Waals surface area contributed by atoms with Gasteiger partial charge in [0.25, 0.3) is 15.9 Å². The monoisotopic (exact) mass is 425 g/mol. The van der Waals surface area contributed by atoms with Crippen molar-refractivity contribution in [2.75, 3.05) is 24.5 Å². The van der Waals surface area contributed by atoms with Gasteiger partial charge in [0, 0.05) is 13.6 Å². The van der Waals surface area contributed by atoms with Crippen LogP contribution in [-0.4, -0.2) is 46.5 Å². The van der Waals surface area contributed by atoms with Gasteiger partial charge in [0.1, 0.15) is 16.0 Å². The van der Waals surface area contributed by atoms with Crippen molar-refractivity contribution in [1.29, 1.82) is 0 Å². The number of anilines is 1. The Morgan fingerprint density at radius 2 is 1.89 bits per heavy atom. The van der Waals surface area contributed by atoms with Gasteiger partial charge in [0.2, 0.25) is 5.91 Å². The van der Waals surface area contributed by atoms with Gasteiger partial charge in [-0.15, -0.1) is 11.3 Å². The van der Waals surface area contributed by atoms with Crippen LogP contribution in [0.5, 0.6) is 5.75 Å². The van der Waals surface area contributed by atoms with Gasteiger partial charge in [0.05, 0.1) is 5.69 Å². The zero-order chi connectivity index (χ0) is 20.7. The molecule has 2 rings (SSSR count). The van der Waals surface area contributed by atoms with Gasteiger partial charge in [-0.3, -0.25) is 13.9 Å². The Morgan fingerprint density at radius 1 is 1.21 bits per heavy atom. The van der Waals surface area contributed by atoms with Gasteiger partial charge in [-0.05, 0) is 49.6 Å². The van der Waals surface area contributed by atoms with E-state index in [4.69, 9.17) is 4.74 Å². The zero-order valence-corrected chi connectivity index (χ0v) is 17.5. The second kappa shape index (κ2) is 9.56. The molecule has 10 heteroatoms. The Bertz CT molecular complexity index is 896. The lowest BCUT2D eigenvalue weighted by Crippen LogP contribution is -2.46. The Labute approximate surface area is 168 Å². The lowest BCUT2D eigenvalue weighted by atomic mass is 10.3. The average Bonchev–Trinajstić information content (AvgIpc) is 3.22. The van der Waals surface area contributed by atoms with E-state index >= 15 is 0 Å². The summed E-state index contributed by atoms with van der Waals surface area (Å²) < 4.78 is 31.9. The maximum Gasteiger partial charge on any atom is 0.273 e. The van der Waals surface area contributed by atoms with Crippen molar-refractivity contribution < 1.29 is 22.7 Å². The molecule has 8 nitrogen and oxygen atoms in total. The molecular weight excluding hydrogens is 402 g/mol. The highest BCUT2D eigenvalue weighted by Crippen LogP contribution is 2.26. The summed E-state index contributed by atoms with van der Waals surface area (Å²) in [6.45, 7) is 3.61. The van der Waals surface area contributed by atoms with Crippen molar-refractivity contribution in [2.45, 2.75) is 24.1 Å². The van der Waals surface area contributed by atoms with Crippen LogP contribution in [0.2, 0.25) is 0 Å². The highest BCUT2D eigenvalue weighted by molar-refractivity contribution is 7.94. The van der Waals surface area contributed by atoms with Crippen molar-refractivity contribution in [3.8, 4) is 5.75 Å². The molecule has 1 atom stereocenters. The number of amides is 2. The van der Waals surface area contributed by atoms with Crippen LogP contribution in [0.4, 0.5) is 5.69 Å². The number of rotatable bonds is 9. The highest BCUT2D eigenvalue weighted by atomic mass is 32.2. The minimum absolute atomic E-state index is 0.258. The van der Waals surface area contributed by atoms with Crippen molar-refractivity contribution in [2.24, 2.45) is 0 Å². The third-order valence-corrected chi connectivity index (χ3v) is 6.96. The van der Waals surface area contributed by atoms with Crippen LogP contribution in [0, 0.1) is 0 Å². The second-order valence-electron chi connectivity index (χ2n) is 5.87. The van der Waals surface area contributed by atoms with E-state index in [0.717, 1.165) is 11.3 Å². The van der Waals surface area contributed by atoms with Crippen LogP contribution in [0.1, 0.15) is 13.8 Å². The largest absolute Gasteiger partial charge is 0.484 e. The summed E-state index contributed by atoms with van der Waals surface area (Å²) >= 11 is 1.15. The first kappa shape index (κ1) is 21.7. The summed E-state index contributed by atoms with van der Waals surface area (Å²) in [5, 5.41) is 6.86. The Balaban J connectivity index is 1.92. The molecule has 0 spiro atoms. The molecule has 0 unspecified atom stereocenters. The molecule has 0 aliphatic rings. The van der Waals surface area contributed by atoms with Crippen LogP contribution in [-0.2, 0) is 19.6 Å². The molecule has 28 heavy (non-hydrogen) atoms. The van der Waals surface area contributed by atoms with E-state index in [0.29, 0.717) is 18.0 Å². The number of ether oxygens (including phenoxy) is 1. The van der Waals surface area contributed by atoms with Crippen molar-refractivity contribution in [1.82, 2.24) is 10.6 Å². The second-order valence-corrected chi connectivity index (χ2v) is 9.01. The van der Waals surface area contributed by atoms with Gasteiger partial charge < -0.3 is 15.4 Å². The fourth-order valence-electron chi connectivity index (χ4n) is 2.26. The van der Waals surface area contributed by atoms with Crippen LogP contribution in [0.15, 0.2) is 46.0 Å². The van der Waals surface area contributed by atoms with Gasteiger partial charge in [-0.1, -0.05) is 6.07 Å². The number of nitrogens with one attached hydrogen (secondary N) is 2. The number of hydrogen-bond donors (Lipinski definition) is 2. The van der Waals surface area contributed by atoms with Crippen LogP contribution < -0.4 is 19.7 Å². The number of carbonyl (C=O) groups excluding carboxylic acids is 2. The molecule has 0 aliphatic heterocycles. The molecule has 1 aromatic heterocycles. The van der Waals surface area contributed by atoms with Gasteiger partial charge in [-0.25, -0.2) is 8.42 Å². The zero-order valence-electron chi connectivity index (χ0n) is 15.8.